The molecule has 3 rings (SSSR count). The monoisotopic (exact) mass is 300 g/mol. The molecule has 5 heteroatoms. The lowest BCUT2D eigenvalue weighted by Gasteiger charge is -2.30. The third-order valence-corrected chi connectivity index (χ3v) is 3.82. The summed E-state index contributed by atoms with van der Waals surface area (Å²) in [4.78, 5) is 18.2. The third kappa shape index (κ3) is 2.69. The maximum Gasteiger partial charge on any atom is 0.242 e. The largest absolute Gasteiger partial charge is 0.282 e. The van der Waals surface area contributed by atoms with Crippen LogP contribution in [0.5, 0.6) is 0 Å². The molecule has 1 unspecified atom stereocenters. The Bertz CT molecular complexity index is 703. The number of benzene rings is 1. The summed E-state index contributed by atoms with van der Waals surface area (Å²) in [6.07, 6.45) is 4.08. The van der Waals surface area contributed by atoms with Gasteiger partial charge in [0.2, 0.25) is 11.0 Å². The fraction of sp³-hybridized carbons (Fsp3) is 0.188. The van der Waals surface area contributed by atoms with Crippen molar-refractivity contribution in [2.24, 2.45) is 10.9 Å². The van der Waals surface area contributed by atoms with Gasteiger partial charge in [0, 0.05) is 0 Å². The summed E-state index contributed by atoms with van der Waals surface area (Å²) in [5.41, 5.74) is 2.62. The van der Waals surface area contributed by atoms with Gasteiger partial charge in [-0.05, 0) is 42.9 Å². The van der Waals surface area contributed by atoms with Crippen molar-refractivity contribution in [2.45, 2.75) is 13.5 Å². The van der Waals surface area contributed by atoms with Gasteiger partial charge in [-0.25, -0.2) is 9.38 Å². The summed E-state index contributed by atoms with van der Waals surface area (Å²) in [5.74, 6) is -1.33. The first-order chi connectivity index (χ1) is 10.0. The molecular weight excluding hydrogens is 287 g/mol. The minimum atomic E-state index is -0.674. The minimum Gasteiger partial charge on any atom is -0.282 e. The molecule has 0 bridgehead atoms. The van der Waals surface area contributed by atoms with E-state index in [-0.39, 0.29) is 11.0 Å². The second-order valence-corrected chi connectivity index (χ2v) is 5.46. The lowest BCUT2D eigenvalue weighted by atomic mass is 9.95. The van der Waals surface area contributed by atoms with Crippen LogP contribution in [-0.4, -0.2) is 21.6 Å². The number of carbonyl (C=O) groups is 1. The van der Waals surface area contributed by atoms with Crippen molar-refractivity contribution in [3.8, 4) is 0 Å². The first-order valence-electron chi connectivity index (χ1n) is 6.59. The summed E-state index contributed by atoms with van der Waals surface area (Å²) >= 11 is 5.20. The van der Waals surface area contributed by atoms with Gasteiger partial charge in [-0.1, -0.05) is 29.8 Å². The fourth-order valence-corrected chi connectivity index (χ4v) is 2.59. The molecule has 0 aromatic heterocycles. The zero-order valence-electron chi connectivity index (χ0n) is 11.4. The number of thiocarbonyl (C=S) groups is 1. The SMILES string of the molecule is Cc1ccc(CN2C(=O)C3C=C(F)C=CC3=NC2=S)cc1. The first kappa shape index (κ1) is 13.8. The highest BCUT2D eigenvalue weighted by atomic mass is 32.1. The highest BCUT2D eigenvalue weighted by Crippen LogP contribution is 2.24. The van der Waals surface area contributed by atoms with Crippen molar-refractivity contribution in [1.29, 1.82) is 0 Å². The highest BCUT2D eigenvalue weighted by molar-refractivity contribution is 7.80. The summed E-state index contributed by atoms with van der Waals surface area (Å²) in [6, 6.07) is 7.85. The van der Waals surface area contributed by atoms with Crippen LogP contribution in [0.4, 0.5) is 4.39 Å². The number of aryl methyl sites for hydroxylation is 1. The average molecular weight is 300 g/mol. The molecule has 3 nitrogen and oxygen atoms in total. The molecular formula is C16H13FN2OS. The van der Waals surface area contributed by atoms with Crippen LogP contribution in [0.15, 0.2) is 53.3 Å². The Balaban J connectivity index is 1.88. The summed E-state index contributed by atoms with van der Waals surface area (Å²) in [6.45, 7) is 2.35. The van der Waals surface area contributed by atoms with Crippen LogP contribution < -0.4 is 0 Å². The predicted octanol–water partition coefficient (Wildman–Crippen LogP) is 3.10. The van der Waals surface area contributed by atoms with Gasteiger partial charge in [0.1, 0.15) is 11.7 Å². The summed E-state index contributed by atoms with van der Waals surface area (Å²) in [5, 5.41) is 0.229. The Kier molecular flexibility index (Phi) is 3.51. The van der Waals surface area contributed by atoms with Crippen LogP contribution in [0, 0.1) is 12.8 Å². The predicted molar refractivity (Wildman–Crippen MR) is 83.6 cm³/mol. The van der Waals surface area contributed by atoms with E-state index >= 15 is 0 Å². The summed E-state index contributed by atoms with van der Waals surface area (Å²) in [7, 11) is 0. The second kappa shape index (κ2) is 5.33. The number of hydrogen-bond acceptors (Lipinski definition) is 2. The van der Waals surface area contributed by atoms with Crippen LogP contribution >= 0.6 is 12.2 Å². The van der Waals surface area contributed by atoms with Crippen molar-refractivity contribution in [3.05, 3.63) is 59.4 Å². The second-order valence-electron chi connectivity index (χ2n) is 5.09. The molecule has 21 heavy (non-hydrogen) atoms. The Labute approximate surface area is 127 Å². The van der Waals surface area contributed by atoms with E-state index in [4.69, 9.17) is 12.2 Å². The molecule has 106 valence electrons. The van der Waals surface area contributed by atoms with E-state index in [1.807, 2.05) is 31.2 Å². The van der Waals surface area contributed by atoms with Crippen molar-refractivity contribution in [1.82, 2.24) is 4.90 Å². The van der Waals surface area contributed by atoms with E-state index in [1.165, 1.54) is 23.1 Å². The molecule has 2 aliphatic rings. The van der Waals surface area contributed by atoms with Gasteiger partial charge in [-0.3, -0.25) is 9.69 Å². The van der Waals surface area contributed by atoms with Crippen molar-refractivity contribution < 1.29 is 9.18 Å². The topological polar surface area (TPSA) is 32.7 Å². The van der Waals surface area contributed by atoms with Crippen LogP contribution in [0.2, 0.25) is 0 Å². The Morgan fingerprint density at radius 2 is 2.00 bits per heavy atom. The lowest BCUT2D eigenvalue weighted by molar-refractivity contribution is -0.129. The number of carbonyl (C=O) groups excluding carboxylic acids is 1. The Morgan fingerprint density at radius 1 is 1.29 bits per heavy atom. The van der Waals surface area contributed by atoms with Gasteiger partial charge in [0.15, 0.2) is 0 Å². The molecule has 1 aromatic rings. The smallest absolute Gasteiger partial charge is 0.242 e. The third-order valence-electron chi connectivity index (χ3n) is 3.51. The van der Waals surface area contributed by atoms with Gasteiger partial charge in [0.05, 0.1) is 12.3 Å². The molecule has 1 aliphatic heterocycles. The van der Waals surface area contributed by atoms with Crippen molar-refractivity contribution >= 4 is 28.9 Å². The number of hydrogen-bond donors (Lipinski definition) is 0. The van der Waals surface area contributed by atoms with Crippen LogP contribution in [0.1, 0.15) is 11.1 Å². The van der Waals surface area contributed by atoms with Gasteiger partial charge in [-0.2, -0.15) is 0 Å². The number of halogens is 1. The normalized spacial score (nSPS) is 21.0. The molecule has 1 aromatic carbocycles. The number of allylic oxidation sites excluding steroid dienone is 3. The van der Waals surface area contributed by atoms with E-state index in [2.05, 4.69) is 4.99 Å². The molecule has 1 amide bonds. The molecule has 1 aliphatic carbocycles. The standard InChI is InChI=1S/C16H13FN2OS/c1-10-2-4-11(5-3-10)9-19-15(20)13-8-12(17)6-7-14(13)18-16(19)21/h2-8,13H,9H2,1H3. The molecule has 0 saturated carbocycles. The van der Waals surface area contributed by atoms with Gasteiger partial charge in [0.25, 0.3) is 0 Å². The van der Waals surface area contributed by atoms with Crippen molar-refractivity contribution in [2.75, 3.05) is 0 Å². The van der Waals surface area contributed by atoms with Crippen LogP contribution in [0.3, 0.4) is 0 Å². The molecule has 1 heterocycles. The van der Waals surface area contributed by atoms with Gasteiger partial charge < -0.3 is 0 Å². The van der Waals surface area contributed by atoms with Crippen LogP contribution in [0.25, 0.3) is 0 Å². The Morgan fingerprint density at radius 3 is 2.71 bits per heavy atom. The molecule has 1 atom stereocenters. The number of fused-ring (bicyclic) bond motifs is 1. The number of nitrogens with zero attached hydrogens (tertiary/aromatic N) is 2. The van der Waals surface area contributed by atoms with Gasteiger partial charge >= 0.3 is 0 Å². The molecule has 0 N–H and O–H groups in total. The maximum atomic E-state index is 13.3. The molecule has 0 saturated heterocycles. The number of rotatable bonds is 2. The summed E-state index contributed by atoms with van der Waals surface area (Å²) < 4.78 is 13.3. The number of amides is 1. The Hall–Kier alpha value is -2.14. The zero-order chi connectivity index (χ0) is 15.0. The van der Waals surface area contributed by atoms with E-state index in [0.29, 0.717) is 12.3 Å². The average Bonchev–Trinajstić information content (AvgIpc) is 2.46. The maximum absolute atomic E-state index is 13.3. The van der Waals surface area contributed by atoms with Crippen LogP contribution in [-0.2, 0) is 11.3 Å². The van der Waals surface area contributed by atoms with E-state index in [0.717, 1.165) is 11.1 Å². The van der Waals surface area contributed by atoms with E-state index in [1.54, 1.807) is 0 Å². The van der Waals surface area contributed by atoms with E-state index in [9.17, 15) is 9.18 Å². The molecule has 0 spiro atoms. The number of aliphatic imine (C=N–C) groups is 1. The van der Waals surface area contributed by atoms with Crippen molar-refractivity contribution in [3.63, 3.8) is 0 Å². The fourth-order valence-electron chi connectivity index (χ4n) is 2.33. The first-order valence-corrected chi connectivity index (χ1v) is 7.00. The van der Waals surface area contributed by atoms with Gasteiger partial charge in [-0.15, -0.1) is 0 Å². The van der Waals surface area contributed by atoms with E-state index < -0.39 is 11.7 Å². The minimum absolute atomic E-state index is 0.229. The highest BCUT2D eigenvalue weighted by Gasteiger charge is 2.34. The lowest BCUT2D eigenvalue weighted by Crippen LogP contribution is -2.45. The molecule has 0 radical (unpaired) electrons. The zero-order valence-corrected chi connectivity index (χ0v) is 12.2. The molecule has 0 fully saturated rings. The quantitative estimate of drug-likeness (QED) is 0.786.